The molecule has 7 N–H and O–H groups in total. The number of aromatic nitrogens is 3. The monoisotopic (exact) mass is 817 g/mol. The molecule has 294 valence electrons. The average Bonchev–Trinajstić information content (AvgIpc) is 3.26. The highest BCUT2D eigenvalue weighted by Gasteiger charge is 2.19. The molecule has 7 aromatic carbocycles. The van der Waals surface area contributed by atoms with Crippen molar-refractivity contribution < 1.29 is 34.7 Å². The number of phenols is 1. The third-order valence-electron chi connectivity index (χ3n) is 9.52. The minimum Gasteiger partial charge on any atom is -0.505 e. The van der Waals surface area contributed by atoms with Crippen LogP contribution in [-0.2, 0) is 15.8 Å². The molecule has 0 radical (unpaired) electrons. The number of aromatic hydroxyl groups is 2. The Morgan fingerprint density at radius 3 is 2.00 bits per heavy atom. The summed E-state index contributed by atoms with van der Waals surface area (Å²) < 4.78 is 4.76. The maximum absolute atomic E-state index is 11.6. The van der Waals surface area contributed by atoms with Crippen LogP contribution in [-0.4, -0.2) is 41.5 Å². The number of carboxylic acid groups (broad SMARTS) is 1. The summed E-state index contributed by atoms with van der Waals surface area (Å²) in [4.78, 5) is 22.9. The number of hydrogen-bond donors (Lipinski definition) is 6. The van der Waals surface area contributed by atoms with Gasteiger partial charge in [-0.2, -0.15) is 20.1 Å². The predicted molar refractivity (Wildman–Crippen MR) is 222 cm³/mol. The van der Waals surface area contributed by atoms with Crippen LogP contribution in [0.3, 0.4) is 0 Å². The summed E-state index contributed by atoms with van der Waals surface area (Å²) in [5.41, 5.74) is 11.1. The second kappa shape index (κ2) is 15.8. The minimum atomic E-state index is -1.02. The van der Waals surface area contributed by atoms with Gasteiger partial charge in [0.25, 0.3) is 0 Å². The Kier molecular flexibility index (Phi) is 9.87. The molecule has 0 aliphatic carbocycles. The van der Waals surface area contributed by atoms with E-state index in [0.29, 0.717) is 63.4 Å². The Morgan fingerprint density at radius 2 is 1.37 bits per heavy atom. The van der Waals surface area contributed by atoms with E-state index in [4.69, 9.17) is 15.3 Å². The topological polar surface area (TPSA) is 267 Å². The van der Waals surface area contributed by atoms with E-state index in [1.807, 2.05) is 42.5 Å². The van der Waals surface area contributed by atoms with Gasteiger partial charge in [0.15, 0.2) is 5.75 Å². The zero-order valence-electron chi connectivity index (χ0n) is 30.6. The fourth-order valence-corrected chi connectivity index (χ4v) is 7.26. The molecule has 0 unspecified atom stereocenters. The lowest BCUT2D eigenvalue weighted by Crippen LogP contribution is -2.03. The molecule has 0 atom stereocenters. The number of nitrogens with one attached hydrogen (secondary N) is 1. The number of aromatic carboxylic acids is 1. The Labute approximate surface area is 341 Å². The first-order valence-electron chi connectivity index (χ1n) is 17.8. The van der Waals surface area contributed by atoms with Crippen LogP contribution in [0.2, 0.25) is 0 Å². The summed E-state index contributed by atoms with van der Waals surface area (Å²) >= 11 is 0.582. The van der Waals surface area contributed by atoms with Gasteiger partial charge in [-0.1, -0.05) is 41.4 Å². The first-order valence-corrected chi connectivity index (χ1v) is 18.6. The maximum Gasteiger partial charge on any atom is 0.335 e. The average molecular weight is 818 g/mol. The van der Waals surface area contributed by atoms with Crippen molar-refractivity contribution in [3.05, 3.63) is 126 Å². The van der Waals surface area contributed by atoms with E-state index in [1.165, 1.54) is 12.1 Å². The highest BCUT2D eigenvalue weighted by molar-refractivity contribution is 7.94. The third kappa shape index (κ3) is 7.45. The largest absolute Gasteiger partial charge is 0.505 e. The molecule has 9 rings (SSSR count). The van der Waals surface area contributed by atoms with Crippen molar-refractivity contribution in [1.82, 2.24) is 15.0 Å². The van der Waals surface area contributed by atoms with Crippen molar-refractivity contribution in [3.8, 4) is 11.8 Å². The number of fused-ring (bicyclic) bond motifs is 3. The van der Waals surface area contributed by atoms with Crippen LogP contribution in [0, 0.1) is 0 Å². The highest BCUT2D eigenvalue weighted by atomic mass is 32.2. The van der Waals surface area contributed by atoms with E-state index in [1.54, 1.807) is 48.5 Å². The Hall–Kier alpha value is -7.97. The van der Waals surface area contributed by atoms with Crippen molar-refractivity contribution >= 4 is 102 Å². The second-order valence-corrected chi connectivity index (χ2v) is 14.0. The predicted octanol–water partition coefficient (Wildman–Crippen LogP) is 11.3. The lowest BCUT2D eigenvalue weighted by Gasteiger charge is -2.13. The molecule has 8 aromatic rings. The highest BCUT2D eigenvalue weighted by Crippen LogP contribution is 2.47. The van der Waals surface area contributed by atoms with Crippen LogP contribution in [0.1, 0.15) is 21.5 Å². The van der Waals surface area contributed by atoms with Crippen LogP contribution in [0.15, 0.2) is 145 Å². The van der Waals surface area contributed by atoms with Crippen molar-refractivity contribution in [3.63, 3.8) is 0 Å². The van der Waals surface area contributed by atoms with E-state index in [9.17, 15) is 20.1 Å². The van der Waals surface area contributed by atoms with Gasteiger partial charge in [-0.3, -0.25) is 0 Å². The Balaban J connectivity index is 1.07. The van der Waals surface area contributed by atoms with E-state index >= 15 is 0 Å². The molecule has 0 fully saturated rings. The van der Waals surface area contributed by atoms with Crippen molar-refractivity contribution in [2.75, 3.05) is 11.1 Å². The van der Waals surface area contributed by atoms with Gasteiger partial charge in [0.05, 0.1) is 50.9 Å². The first kappa shape index (κ1) is 37.6. The normalized spacial score (nSPS) is 12.3. The van der Waals surface area contributed by atoms with Gasteiger partial charge < -0.3 is 26.4 Å². The number of hydrogen-bond acceptors (Lipinski definition) is 18. The van der Waals surface area contributed by atoms with E-state index < -0.39 is 12.0 Å². The van der Waals surface area contributed by atoms with Crippen molar-refractivity contribution in [1.29, 1.82) is 0 Å². The van der Waals surface area contributed by atoms with Gasteiger partial charge in [0.2, 0.25) is 11.9 Å². The summed E-state index contributed by atoms with van der Waals surface area (Å²) in [6.07, 6.45) is 0.606. The van der Waals surface area contributed by atoms with Crippen LogP contribution in [0.25, 0.3) is 32.3 Å². The number of benzene rings is 7. The number of rotatable bonds is 10. The molecule has 60 heavy (non-hydrogen) atoms. The van der Waals surface area contributed by atoms with Gasteiger partial charge in [-0.15, -0.1) is 29.9 Å². The van der Waals surface area contributed by atoms with Crippen LogP contribution in [0.5, 0.6) is 11.8 Å². The standard InChI is InChI=1S/C41H27N11O7S/c42-39-44-40(46-41(56)45-39)43-30-3-1-2-26-29(30)19-35(60-59-58-57)36(37(26)53)52-51-32-13-15-34-28-18-21(5-11-25(28)32)16-20-4-10-24-27(17-20)33(49-50-34)14-12-31(24)48-47-23-8-6-22(7-9-23)38(54)55/h1-15,17-19,53,57H,16H2,(H,54,55)(H4,42,43,44,45,46,56). The SMILES string of the molecule is Nc1nc(O)nc(Nc2cccc3c(O)c(N=Nc4ccc5c6cc(ccc46)Cc4ccc6c(N=Nc7ccc(C(=O)O)cc7)ccc(c6c4)N=N5)c(SOOO)cc23)n1. The fraction of sp³-hybridized carbons (Fsp3) is 0.0244. The molecule has 0 amide bonds. The Morgan fingerprint density at radius 1 is 0.700 bits per heavy atom. The minimum absolute atomic E-state index is 0.0190. The van der Waals surface area contributed by atoms with Crippen molar-refractivity contribution in [2.24, 2.45) is 30.7 Å². The lowest BCUT2D eigenvalue weighted by molar-refractivity contribution is -0.432. The van der Waals surface area contributed by atoms with E-state index in [0.717, 1.165) is 32.7 Å². The maximum atomic E-state index is 11.6. The molecule has 18 nitrogen and oxygen atoms in total. The number of carboxylic acids is 1. The molecule has 0 saturated heterocycles. The number of azo groups is 3. The lowest BCUT2D eigenvalue weighted by atomic mass is 9.97. The number of carbonyl (C=O) groups is 1. The van der Waals surface area contributed by atoms with Gasteiger partial charge in [0.1, 0.15) is 5.69 Å². The fourth-order valence-electron chi connectivity index (χ4n) is 6.78. The molecule has 4 bridgehead atoms. The number of nitrogens with zero attached hydrogens (tertiary/aromatic N) is 9. The van der Waals surface area contributed by atoms with Crippen molar-refractivity contribution in [2.45, 2.75) is 11.3 Å². The molecule has 19 heteroatoms. The van der Waals surface area contributed by atoms with E-state index in [2.05, 4.69) is 62.1 Å². The van der Waals surface area contributed by atoms with Crippen LogP contribution >= 0.6 is 12.0 Å². The summed E-state index contributed by atoms with van der Waals surface area (Å²) in [6.45, 7) is 0. The van der Waals surface area contributed by atoms with Gasteiger partial charge >= 0.3 is 12.0 Å². The molecular formula is C41H27N11O7S. The quantitative estimate of drug-likeness (QED) is 0.0325. The zero-order valence-corrected chi connectivity index (χ0v) is 31.4. The zero-order chi connectivity index (χ0) is 41.3. The van der Waals surface area contributed by atoms with Crippen LogP contribution in [0.4, 0.5) is 51.7 Å². The summed E-state index contributed by atoms with van der Waals surface area (Å²) in [7, 11) is 0. The Bertz CT molecular complexity index is 3110. The smallest absolute Gasteiger partial charge is 0.335 e. The molecule has 1 aliphatic heterocycles. The molecule has 1 aliphatic rings. The molecule has 0 spiro atoms. The van der Waals surface area contributed by atoms with E-state index in [-0.39, 0.29) is 33.8 Å². The number of anilines is 3. The summed E-state index contributed by atoms with van der Waals surface area (Å²) in [5.74, 6) is -1.52. The summed E-state index contributed by atoms with van der Waals surface area (Å²) in [6, 6.07) is 31.5. The molecule has 2 heterocycles. The van der Waals surface area contributed by atoms with Gasteiger partial charge in [0, 0.05) is 38.0 Å². The first-order chi connectivity index (χ1) is 29.2. The summed E-state index contributed by atoms with van der Waals surface area (Å²) in [5, 5.41) is 77.6. The molecule has 1 aromatic heterocycles. The molecule has 0 saturated carbocycles. The molecular weight excluding hydrogens is 791 g/mol. The van der Waals surface area contributed by atoms with Crippen LogP contribution < -0.4 is 11.1 Å². The van der Waals surface area contributed by atoms with Gasteiger partial charge in [-0.25, -0.2) is 10.1 Å². The second-order valence-electron chi connectivity index (χ2n) is 13.2. The number of nitrogen functional groups attached to an aromatic ring is 1. The number of phenolic OH excluding ortho intramolecular Hbond substituents is 1. The van der Waals surface area contributed by atoms with Gasteiger partial charge in [-0.05, 0) is 90.3 Å². The third-order valence-corrected chi connectivity index (χ3v) is 10.1. The number of nitrogens with two attached hydrogens (primary N) is 1.